The highest BCUT2D eigenvalue weighted by Crippen LogP contribution is 2.28. The van der Waals surface area contributed by atoms with Crippen molar-refractivity contribution in [2.45, 2.75) is 44.8 Å². The predicted molar refractivity (Wildman–Crippen MR) is 85.9 cm³/mol. The molecule has 0 aromatic heterocycles. The van der Waals surface area contributed by atoms with E-state index in [-0.39, 0.29) is 6.04 Å². The van der Waals surface area contributed by atoms with E-state index in [0.717, 1.165) is 13.1 Å². The average Bonchev–Trinajstić information content (AvgIpc) is 2.41. The van der Waals surface area contributed by atoms with Gasteiger partial charge in [0, 0.05) is 24.7 Å². The van der Waals surface area contributed by atoms with E-state index >= 15 is 0 Å². The molecule has 112 valence electrons. The molecule has 1 saturated heterocycles. The Hall–Kier alpha value is -0.900. The smallest absolute Gasteiger partial charge is 0.0497 e. The monoisotopic (exact) mass is 275 g/mol. The lowest BCUT2D eigenvalue weighted by atomic mass is 9.94. The van der Waals surface area contributed by atoms with E-state index in [4.69, 9.17) is 5.73 Å². The van der Waals surface area contributed by atoms with Crippen LogP contribution in [0.3, 0.4) is 0 Å². The zero-order valence-electron chi connectivity index (χ0n) is 13.3. The number of rotatable bonds is 4. The molecule has 0 amide bonds. The van der Waals surface area contributed by atoms with Crippen molar-refractivity contribution in [1.82, 2.24) is 9.80 Å². The molecular weight excluding hydrogens is 246 g/mol. The van der Waals surface area contributed by atoms with Crippen molar-refractivity contribution in [3.05, 3.63) is 35.4 Å². The first kappa shape index (κ1) is 15.5. The van der Waals surface area contributed by atoms with Crippen molar-refractivity contribution in [3.63, 3.8) is 0 Å². The van der Waals surface area contributed by atoms with E-state index in [0.29, 0.717) is 12.1 Å². The van der Waals surface area contributed by atoms with Crippen molar-refractivity contribution in [1.29, 1.82) is 0 Å². The summed E-state index contributed by atoms with van der Waals surface area (Å²) < 4.78 is 0. The van der Waals surface area contributed by atoms with Crippen LogP contribution >= 0.6 is 0 Å². The molecule has 1 aliphatic rings. The molecule has 20 heavy (non-hydrogen) atoms. The fourth-order valence-electron chi connectivity index (χ4n) is 3.27. The maximum absolute atomic E-state index is 6.30. The Morgan fingerprint density at radius 1 is 1.25 bits per heavy atom. The van der Waals surface area contributed by atoms with Crippen LogP contribution in [0, 0.1) is 6.92 Å². The van der Waals surface area contributed by atoms with Gasteiger partial charge in [-0.25, -0.2) is 0 Å². The fourth-order valence-corrected chi connectivity index (χ4v) is 3.27. The highest BCUT2D eigenvalue weighted by atomic mass is 15.2. The van der Waals surface area contributed by atoms with Gasteiger partial charge in [-0.2, -0.15) is 0 Å². The second-order valence-corrected chi connectivity index (χ2v) is 6.47. The minimum atomic E-state index is 0.151. The summed E-state index contributed by atoms with van der Waals surface area (Å²) in [5.41, 5.74) is 8.96. The molecular formula is C17H29N3. The molecule has 0 bridgehead atoms. The van der Waals surface area contributed by atoms with Crippen molar-refractivity contribution in [2.24, 2.45) is 5.73 Å². The minimum Gasteiger partial charge on any atom is -0.326 e. The van der Waals surface area contributed by atoms with Crippen LogP contribution in [0.25, 0.3) is 0 Å². The fraction of sp³-hybridized carbons (Fsp3) is 0.647. The van der Waals surface area contributed by atoms with E-state index < -0.39 is 0 Å². The predicted octanol–water partition coefficient (Wildman–Crippen LogP) is 2.41. The molecule has 1 aliphatic heterocycles. The summed E-state index contributed by atoms with van der Waals surface area (Å²) in [4.78, 5) is 4.92. The Morgan fingerprint density at radius 2 is 1.90 bits per heavy atom. The van der Waals surface area contributed by atoms with Gasteiger partial charge in [0.1, 0.15) is 0 Å². The number of hydrogen-bond donors (Lipinski definition) is 1. The van der Waals surface area contributed by atoms with Crippen molar-refractivity contribution >= 4 is 0 Å². The lowest BCUT2D eigenvalue weighted by molar-refractivity contribution is 0.0864. The van der Waals surface area contributed by atoms with E-state index in [1.807, 2.05) is 0 Å². The zero-order valence-corrected chi connectivity index (χ0v) is 13.3. The molecule has 1 heterocycles. The maximum Gasteiger partial charge on any atom is 0.0497 e. The van der Waals surface area contributed by atoms with Gasteiger partial charge in [0.05, 0.1) is 0 Å². The molecule has 1 fully saturated rings. The highest BCUT2D eigenvalue weighted by molar-refractivity contribution is 5.25. The molecule has 0 saturated carbocycles. The van der Waals surface area contributed by atoms with Gasteiger partial charge in [0.25, 0.3) is 0 Å². The number of piperidine rings is 1. The van der Waals surface area contributed by atoms with Crippen LogP contribution in [-0.2, 0) is 0 Å². The Labute approximate surface area is 123 Å². The molecule has 0 radical (unpaired) electrons. The summed E-state index contributed by atoms with van der Waals surface area (Å²) in [6, 6.07) is 9.99. The topological polar surface area (TPSA) is 32.5 Å². The molecule has 3 unspecified atom stereocenters. The van der Waals surface area contributed by atoms with Crippen LogP contribution in [0.15, 0.2) is 24.3 Å². The van der Waals surface area contributed by atoms with Crippen LogP contribution in [0.1, 0.15) is 36.9 Å². The van der Waals surface area contributed by atoms with E-state index in [9.17, 15) is 0 Å². The molecule has 3 heteroatoms. The van der Waals surface area contributed by atoms with Crippen LogP contribution in [0.2, 0.25) is 0 Å². The standard InChI is InChI=1S/C17H29N3/c1-13-7-9-15(10-8-13)17(14(2)18)20-11-5-6-16(12-20)19(3)4/h7-10,14,16-17H,5-6,11-12,18H2,1-4H3. The first-order valence-electron chi connectivity index (χ1n) is 7.71. The van der Waals surface area contributed by atoms with Crippen molar-refractivity contribution < 1.29 is 0 Å². The molecule has 0 aliphatic carbocycles. The maximum atomic E-state index is 6.30. The van der Waals surface area contributed by atoms with Gasteiger partial charge in [-0.1, -0.05) is 29.8 Å². The first-order chi connectivity index (χ1) is 9.49. The second kappa shape index (κ2) is 6.70. The van der Waals surface area contributed by atoms with Crippen molar-refractivity contribution in [2.75, 3.05) is 27.2 Å². The normalized spacial score (nSPS) is 23.8. The Bertz CT molecular complexity index is 411. The number of likely N-dealkylation sites (N-methyl/N-ethyl adjacent to an activating group) is 1. The Morgan fingerprint density at radius 3 is 2.45 bits per heavy atom. The summed E-state index contributed by atoms with van der Waals surface area (Å²) in [5, 5.41) is 0. The summed E-state index contributed by atoms with van der Waals surface area (Å²) in [5.74, 6) is 0. The second-order valence-electron chi connectivity index (χ2n) is 6.47. The van der Waals surface area contributed by atoms with Gasteiger partial charge < -0.3 is 10.6 Å². The number of hydrogen-bond acceptors (Lipinski definition) is 3. The molecule has 3 nitrogen and oxygen atoms in total. The van der Waals surface area contributed by atoms with Gasteiger partial charge >= 0.3 is 0 Å². The molecule has 2 N–H and O–H groups in total. The number of aryl methyl sites for hydroxylation is 1. The summed E-state index contributed by atoms with van der Waals surface area (Å²) in [6.45, 7) is 6.54. The van der Waals surface area contributed by atoms with Crippen LogP contribution in [0.5, 0.6) is 0 Å². The quantitative estimate of drug-likeness (QED) is 0.916. The number of nitrogens with two attached hydrogens (primary N) is 1. The molecule has 1 aromatic rings. The molecule has 1 aromatic carbocycles. The van der Waals surface area contributed by atoms with Gasteiger partial charge in [-0.15, -0.1) is 0 Å². The molecule has 0 spiro atoms. The molecule has 2 rings (SSSR count). The van der Waals surface area contributed by atoms with Gasteiger partial charge in [-0.05, 0) is 52.9 Å². The third kappa shape index (κ3) is 3.60. The average molecular weight is 275 g/mol. The van der Waals surface area contributed by atoms with Crippen LogP contribution in [-0.4, -0.2) is 49.1 Å². The number of nitrogens with zero attached hydrogens (tertiary/aromatic N) is 2. The minimum absolute atomic E-state index is 0.151. The van der Waals surface area contributed by atoms with E-state index in [2.05, 4.69) is 62.0 Å². The Balaban J connectivity index is 2.18. The third-order valence-corrected chi connectivity index (χ3v) is 4.47. The van der Waals surface area contributed by atoms with Crippen molar-refractivity contribution in [3.8, 4) is 0 Å². The zero-order chi connectivity index (χ0) is 14.7. The van der Waals surface area contributed by atoms with Crippen LogP contribution < -0.4 is 5.73 Å². The van der Waals surface area contributed by atoms with Crippen LogP contribution in [0.4, 0.5) is 0 Å². The van der Waals surface area contributed by atoms with E-state index in [1.165, 1.54) is 24.0 Å². The SMILES string of the molecule is Cc1ccc(C(C(C)N)N2CCCC(N(C)C)C2)cc1. The van der Waals surface area contributed by atoms with Gasteiger partial charge in [0.15, 0.2) is 0 Å². The Kier molecular flexibility index (Phi) is 5.19. The highest BCUT2D eigenvalue weighted by Gasteiger charge is 2.29. The third-order valence-electron chi connectivity index (χ3n) is 4.47. The van der Waals surface area contributed by atoms with E-state index in [1.54, 1.807) is 0 Å². The lowest BCUT2D eigenvalue weighted by Crippen LogP contribution is -2.49. The largest absolute Gasteiger partial charge is 0.326 e. The summed E-state index contributed by atoms with van der Waals surface area (Å²) in [7, 11) is 4.36. The number of benzene rings is 1. The summed E-state index contributed by atoms with van der Waals surface area (Å²) >= 11 is 0. The lowest BCUT2D eigenvalue weighted by Gasteiger charge is -2.42. The number of likely N-dealkylation sites (tertiary alicyclic amines) is 1. The first-order valence-corrected chi connectivity index (χ1v) is 7.71. The summed E-state index contributed by atoms with van der Waals surface area (Å²) in [6.07, 6.45) is 2.56. The van der Waals surface area contributed by atoms with Gasteiger partial charge in [-0.3, -0.25) is 4.90 Å². The molecule has 3 atom stereocenters. The van der Waals surface area contributed by atoms with Gasteiger partial charge in [0.2, 0.25) is 0 Å².